The van der Waals surface area contributed by atoms with Gasteiger partial charge in [-0.15, -0.1) is 0 Å². The highest BCUT2D eigenvalue weighted by Crippen LogP contribution is 2.25. The Morgan fingerprint density at radius 1 is 1.19 bits per heavy atom. The number of hydrogen-bond donors (Lipinski definition) is 2. The van der Waals surface area contributed by atoms with Crippen molar-refractivity contribution in [3.63, 3.8) is 0 Å². The van der Waals surface area contributed by atoms with Gasteiger partial charge in [-0.1, -0.05) is 30.3 Å². The zero-order chi connectivity index (χ0) is 18.8. The minimum absolute atomic E-state index is 0.213. The number of rotatable bonds is 4. The molecule has 2 heterocycles. The number of anilines is 1. The standard InChI is InChI=1S/C20H18F2N4O/c21-14-6-7-15(17(22)10-14)20(27)23-19-16-8-9-26(12-18(16)24-25-19)11-13-4-2-1-3-5-13/h1-7,10H,8-9,11-12H2,(H2,23,24,25,27). The summed E-state index contributed by atoms with van der Waals surface area (Å²) in [4.78, 5) is 14.6. The van der Waals surface area contributed by atoms with Gasteiger partial charge >= 0.3 is 0 Å². The van der Waals surface area contributed by atoms with E-state index < -0.39 is 17.5 Å². The van der Waals surface area contributed by atoms with E-state index in [2.05, 4.69) is 32.5 Å². The molecule has 0 aliphatic carbocycles. The number of aromatic nitrogens is 2. The van der Waals surface area contributed by atoms with Crippen LogP contribution in [0.15, 0.2) is 48.5 Å². The number of carbonyl (C=O) groups excluding carboxylic acids is 1. The lowest BCUT2D eigenvalue weighted by Gasteiger charge is -2.26. The number of carbonyl (C=O) groups is 1. The van der Waals surface area contributed by atoms with Crippen LogP contribution in [0.3, 0.4) is 0 Å². The van der Waals surface area contributed by atoms with Gasteiger partial charge in [-0.05, 0) is 24.1 Å². The lowest BCUT2D eigenvalue weighted by atomic mass is 10.1. The third-order valence-corrected chi connectivity index (χ3v) is 4.67. The molecule has 1 aliphatic heterocycles. The SMILES string of the molecule is O=C(Nc1n[nH]c2c1CCN(Cc1ccccc1)C2)c1ccc(F)cc1F. The van der Waals surface area contributed by atoms with Crippen molar-refractivity contribution in [2.24, 2.45) is 0 Å². The van der Waals surface area contributed by atoms with Crippen LogP contribution in [0.4, 0.5) is 14.6 Å². The number of nitrogens with zero attached hydrogens (tertiary/aromatic N) is 2. The number of benzene rings is 2. The number of halogens is 2. The van der Waals surface area contributed by atoms with Crippen LogP contribution < -0.4 is 5.32 Å². The second-order valence-electron chi connectivity index (χ2n) is 6.55. The fourth-order valence-corrected chi connectivity index (χ4v) is 3.30. The maximum Gasteiger partial charge on any atom is 0.259 e. The van der Waals surface area contributed by atoms with Gasteiger partial charge in [0.25, 0.3) is 5.91 Å². The zero-order valence-electron chi connectivity index (χ0n) is 14.5. The number of hydrogen-bond acceptors (Lipinski definition) is 3. The van der Waals surface area contributed by atoms with Crippen LogP contribution >= 0.6 is 0 Å². The normalized spacial score (nSPS) is 14.0. The Labute approximate surface area is 155 Å². The molecule has 0 saturated carbocycles. The predicted octanol–water partition coefficient (Wildman–Crippen LogP) is 3.50. The second kappa shape index (κ2) is 7.28. The van der Waals surface area contributed by atoms with E-state index >= 15 is 0 Å². The van der Waals surface area contributed by atoms with Crippen molar-refractivity contribution in [1.82, 2.24) is 15.1 Å². The van der Waals surface area contributed by atoms with Crippen molar-refractivity contribution < 1.29 is 13.6 Å². The molecule has 1 amide bonds. The van der Waals surface area contributed by atoms with E-state index in [1.54, 1.807) is 0 Å². The Morgan fingerprint density at radius 2 is 2.00 bits per heavy atom. The van der Waals surface area contributed by atoms with Crippen molar-refractivity contribution in [3.05, 3.63) is 82.5 Å². The van der Waals surface area contributed by atoms with Gasteiger partial charge in [0.1, 0.15) is 11.6 Å². The maximum atomic E-state index is 13.8. The molecule has 3 aromatic rings. The van der Waals surface area contributed by atoms with Crippen molar-refractivity contribution >= 4 is 11.7 Å². The fraction of sp³-hybridized carbons (Fsp3) is 0.200. The molecule has 0 atom stereocenters. The molecule has 0 spiro atoms. The monoisotopic (exact) mass is 368 g/mol. The molecule has 0 unspecified atom stereocenters. The van der Waals surface area contributed by atoms with Gasteiger partial charge in [-0.2, -0.15) is 5.10 Å². The Hall–Kier alpha value is -3.06. The first-order valence-electron chi connectivity index (χ1n) is 8.69. The van der Waals surface area contributed by atoms with E-state index in [4.69, 9.17) is 0 Å². The van der Waals surface area contributed by atoms with Crippen LogP contribution in [0.2, 0.25) is 0 Å². The molecule has 2 aromatic carbocycles. The highest BCUT2D eigenvalue weighted by molar-refractivity contribution is 6.04. The van der Waals surface area contributed by atoms with E-state index in [1.165, 1.54) is 5.56 Å². The van der Waals surface area contributed by atoms with Crippen molar-refractivity contribution in [3.8, 4) is 0 Å². The van der Waals surface area contributed by atoms with Gasteiger partial charge in [0.2, 0.25) is 0 Å². The summed E-state index contributed by atoms with van der Waals surface area (Å²) in [5, 5.41) is 9.76. The Balaban J connectivity index is 1.46. The van der Waals surface area contributed by atoms with Crippen LogP contribution in [0.5, 0.6) is 0 Å². The summed E-state index contributed by atoms with van der Waals surface area (Å²) in [5.41, 5.74) is 2.89. The zero-order valence-corrected chi connectivity index (χ0v) is 14.5. The van der Waals surface area contributed by atoms with E-state index in [1.807, 2.05) is 18.2 Å². The molecule has 138 valence electrons. The molecule has 7 heteroatoms. The van der Waals surface area contributed by atoms with E-state index in [9.17, 15) is 13.6 Å². The molecular weight excluding hydrogens is 350 g/mol. The first kappa shape index (κ1) is 17.4. The molecule has 1 aliphatic rings. The average Bonchev–Trinajstić information content (AvgIpc) is 3.04. The van der Waals surface area contributed by atoms with E-state index in [-0.39, 0.29) is 5.56 Å². The first-order chi connectivity index (χ1) is 13.1. The molecule has 4 rings (SSSR count). The van der Waals surface area contributed by atoms with Crippen molar-refractivity contribution in [2.45, 2.75) is 19.5 Å². The Kier molecular flexibility index (Phi) is 4.68. The van der Waals surface area contributed by atoms with E-state index in [0.717, 1.165) is 42.9 Å². The van der Waals surface area contributed by atoms with Crippen molar-refractivity contribution in [1.29, 1.82) is 0 Å². The minimum atomic E-state index is -0.897. The summed E-state index contributed by atoms with van der Waals surface area (Å²) >= 11 is 0. The molecule has 27 heavy (non-hydrogen) atoms. The molecule has 0 radical (unpaired) electrons. The van der Waals surface area contributed by atoms with Gasteiger partial charge < -0.3 is 5.32 Å². The first-order valence-corrected chi connectivity index (χ1v) is 8.69. The van der Waals surface area contributed by atoms with Crippen LogP contribution in [0.1, 0.15) is 27.2 Å². The summed E-state index contributed by atoms with van der Waals surface area (Å²) < 4.78 is 26.8. The van der Waals surface area contributed by atoms with E-state index in [0.29, 0.717) is 18.4 Å². The molecule has 0 saturated heterocycles. The summed E-state index contributed by atoms with van der Waals surface area (Å²) in [6.07, 6.45) is 0.722. The predicted molar refractivity (Wildman–Crippen MR) is 97.2 cm³/mol. The minimum Gasteiger partial charge on any atom is -0.305 e. The van der Waals surface area contributed by atoms with Gasteiger partial charge in [-0.25, -0.2) is 8.78 Å². The summed E-state index contributed by atoms with van der Waals surface area (Å²) in [5.74, 6) is -1.86. The fourth-order valence-electron chi connectivity index (χ4n) is 3.30. The van der Waals surface area contributed by atoms with Crippen LogP contribution in [0, 0.1) is 11.6 Å². The molecule has 1 aromatic heterocycles. The topological polar surface area (TPSA) is 61.0 Å². The largest absolute Gasteiger partial charge is 0.305 e. The lowest BCUT2D eigenvalue weighted by molar-refractivity contribution is 0.102. The third kappa shape index (κ3) is 3.73. The number of fused-ring (bicyclic) bond motifs is 1. The van der Waals surface area contributed by atoms with Gasteiger partial charge in [-0.3, -0.25) is 14.8 Å². The number of nitrogens with one attached hydrogen (secondary N) is 2. The molecule has 5 nitrogen and oxygen atoms in total. The summed E-state index contributed by atoms with van der Waals surface area (Å²) in [6, 6.07) is 13.1. The average molecular weight is 368 g/mol. The van der Waals surface area contributed by atoms with Gasteiger partial charge in [0, 0.05) is 31.3 Å². The van der Waals surface area contributed by atoms with Gasteiger partial charge in [0.05, 0.1) is 11.3 Å². The lowest BCUT2D eigenvalue weighted by Crippen LogP contribution is -2.30. The Bertz CT molecular complexity index is 971. The second-order valence-corrected chi connectivity index (χ2v) is 6.55. The smallest absolute Gasteiger partial charge is 0.259 e. The molecule has 0 bridgehead atoms. The number of aromatic amines is 1. The van der Waals surface area contributed by atoms with Crippen molar-refractivity contribution in [2.75, 3.05) is 11.9 Å². The summed E-state index contributed by atoms with van der Waals surface area (Å²) in [6.45, 7) is 2.36. The molecular formula is C20H18F2N4O. The van der Waals surface area contributed by atoms with Crippen LogP contribution in [-0.2, 0) is 19.5 Å². The summed E-state index contributed by atoms with van der Waals surface area (Å²) in [7, 11) is 0. The number of H-pyrrole nitrogens is 1. The quantitative estimate of drug-likeness (QED) is 0.741. The highest BCUT2D eigenvalue weighted by Gasteiger charge is 2.23. The number of amides is 1. The third-order valence-electron chi connectivity index (χ3n) is 4.67. The van der Waals surface area contributed by atoms with Gasteiger partial charge in [0.15, 0.2) is 5.82 Å². The maximum absolute atomic E-state index is 13.8. The van der Waals surface area contributed by atoms with Crippen LogP contribution in [-0.4, -0.2) is 27.5 Å². The highest BCUT2D eigenvalue weighted by atomic mass is 19.1. The Morgan fingerprint density at radius 3 is 2.78 bits per heavy atom. The molecule has 0 fully saturated rings. The molecule has 2 N–H and O–H groups in total. The van der Waals surface area contributed by atoms with Crippen LogP contribution in [0.25, 0.3) is 0 Å².